The normalized spacial score (nSPS) is 27.9. The van der Waals surface area contributed by atoms with Gasteiger partial charge in [0.25, 0.3) is 0 Å². The van der Waals surface area contributed by atoms with E-state index in [2.05, 4.69) is 18.0 Å². The molecule has 1 saturated heterocycles. The van der Waals surface area contributed by atoms with Crippen LogP contribution in [-0.2, 0) is 9.53 Å². The van der Waals surface area contributed by atoms with Gasteiger partial charge in [0.05, 0.1) is 12.1 Å². The second-order valence-corrected chi connectivity index (χ2v) is 9.38. The van der Waals surface area contributed by atoms with Gasteiger partial charge in [0.1, 0.15) is 11.9 Å². The van der Waals surface area contributed by atoms with Crippen molar-refractivity contribution in [2.24, 2.45) is 23.5 Å². The third kappa shape index (κ3) is 4.63. The summed E-state index contributed by atoms with van der Waals surface area (Å²) < 4.78 is 19.1. The predicted octanol–water partition coefficient (Wildman–Crippen LogP) is 5.77. The lowest BCUT2D eigenvalue weighted by molar-refractivity contribution is -0.140. The zero-order chi connectivity index (χ0) is 22.7. The summed E-state index contributed by atoms with van der Waals surface area (Å²) in [5.74, 6) is 0.387. The number of nitrogens with zero attached hydrogens (tertiary/aromatic N) is 1. The molecule has 1 aliphatic heterocycles. The molecule has 1 aliphatic carbocycles. The standard InChI is InChI=1S/C27H33FN2O2/c1-3-19-7-4-5-10-24(19)27(29,25-16-26(31)32-18(25)2)14-13-23-12-11-21(17-30-23)20-8-6-9-22(28)15-20/h6,8-9,11-15,17-19,24-25H,3-5,7,10,16,29H2,1-2H3/b14-13+/t18-,19-,24-,25+,27-/m1/s1. The van der Waals surface area contributed by atoms with E-state index in [1.54, 1.807) is 12.3 Å². The van der Waals surface area contributed by atoms with Crippen molar-refractivity contribution in [1.82, 2.24) is 4.98 Å². The van der Waals surface area contributed by atoms with E-state index in [1.807, 2.05) is 31.2 Å². The minimum atomic E-state index is -0.629. The zero-order valence-corrected chi connectivity index (χ0v) is 19.0. The highest BCUT2D eigenvalue weighted by Gasteiger charge is 2.50. The Balaban J connectivity index is 1.62. The van der Waals surface area contributed by atoms with Gasteiger partial charge in [0.2, 0.25) is 0 Å². The molecule has 170 valence electrons. The van der Waals surface area contributed by atoms with Crippen LogP contribution >= 0.6 is 0 Å². The molecule has 5 heteroatoms. The number of nitrogens with two attached hydrogens (primary N) is 1. The van der Waals surface area contributed by atoms with E-state index in [9.17, 15) is 9.18 Å². The molecule has 5 atom stereocenters. The van der Waals surface area contributed by atoms with Gasteiger partial charge in [0, 0.05) is 23.2 Å². The van der Waals surface area contributed by atoms with Crippen LogP contribution in [0.15, 0.2) is 48.7 Å². The number of halogens is 1. The summed E-state index contributed by atoms with van der Waals surface area (Å²) in [6.45, 7) is 4.19. The molecule has 4 rings (SSSR count). The van der Waals surface area contributed by atoms with Crippen LogP contribution in [0.3, 0.4) is 0 Å². The van der Waals surface area contributed by atoms with Crippen LogP contribution in [0.4, 0.5) is 4.39 Å². The summed E-state index contributed by atoms with van der Waals surface area (Å²) in [6, 6.07) is 10.4. The Bertz CT molecular complexity index is 974. The first-order valence-electron chi connectivity index (χ1n) is 11.8. The zero-order valence-electron chi connectivity index (χ0n) is 19.0. The van der Waals surface area contributed by atoms with Crippen molar-refractivity contribution in [3.05, 3.63) is 60.2 Å². The molecule has 0 bridgehead atoms. The minimum absolute atomic E-state index is 0.0463. The van der Waals surface area contributed by atoms with Gasteiger partial charge in [-0.2, -0.15) is 0 Å². The van der Waals surface area contributed by atoms with E-state index in [0.29, 0.717) is 18.3 Å². The predicted molar refractivity (Wildman–Crippen MR) is 125 cm³/mol. The SMILES string of the molecule is CC[C@@H]1CCCC[C@H]1[C@](N)(/C=C/c1ccc(-c2cccc(F)c2)cn1)[C@H]1CC(=O)O[C@@H]1C. The Hall–Kier alpha value is -2.53. The number of esters is 1. The minimum Gasteiger partial charge on any atom is -0.462 e. The molecule has 2 aliphatic rings. The molecule has 2 aromatic rings. The highest BCUT2D eigenvalue weighted by molar-refractivity contribution is 5.72. The highest BCUT2D eigenvalue weighted by atomic mass is 19.1. The van der Waals surface area contributed by atoms with Gasteiger partial charge in [-0.3, -0.25) is 9.78 Å². The molecule has 0 amide bonds. The summed E-state index contributed by atoms with van der Waals surface area (Å²) in [7, 11) is 0. The molecule has 4 nitrogen and oxygen atoms in total. The van der Waals surface area contributed by atoms with Gasteiger partial charge in [-0.1, -0.05) is 56.9 Å². The van der Waals surface area contributed by atoms with Crippen LogP contribution in [-0.4, -0.2) is 22.6 Å². The Morgan fingerprint density at radius 2 is 2.00 bits per heavy atom. The van der Waals surface area contributed by atoms with E-state index < -0.39 is 5.54 Å². The molecular formula is C27H33FN2O2. The van der Waals surface area contributed by atoms with Crippen molar-refractivity contribution >= 4 is 12.0 Å². The number of rotatable bonds is 6. The number of hydrogen-bond acceptors (Lipinski definition) is 4. The van der Waals surface area contributed by atoms with Crippen LogP contribution in [0.2, 0.25) is 0 Å². The van der Waals surface area contributed by atoms with Crippen molar-refractivity contribution in [3.8, 4) is 11.1 Å². The van der Waals surface area contributed by atoms with Gasteiger partial charge in [0.15, 0.2) is 0 Å². The summed E-state index contributed by atoms with van der Waals surface area (Å²) >= 11 is 0. The van der Waals surface area contributed by atoms with E-state index in [4.69, 9.17) is 10.5 Å². The number of carbonyl (C=O) groups excluding carboxylic acids is 1. The molecule has 1 aromatic carbocycles. The molecule has 2 N–H and O–H groups in total. The molecule has 1 aromatic heterocycles. The average molecular weight is 437 g/mol. The van der Waals surface area contributed by atoms with Crippen molar-refractivity contribution in [1.29, 1.82) is 0 Å². The number of cyclic esters (lactones) is 1. The number of aromatic nitrogens is 1. The maximum absolute atomic E-state index is 13.5. The lowest BCUT2D eigenvalue weighted by Crippen LogP contribution is -2.56. The summed E-state index contributed by atoms with van der Waals surface area (Å²) in [5.41, 5.74) is 9.02. The fraction of sp³-hybridized carbons (Fsp3) is 0.481. The third-order valence-corrected chi connectivity index (χ3v) is 7.48. The highest BCUT2D eigenvalue weighted by Crippen LogP contribution is 2.46. The van der Waals surface area contributed by atoms with Crippen molar-refractivity contribution in [2.75, 3.05) is 0 Å². The van der Waals surface area contributed by atoms with E-state index in [-0.39, 0.29) is 23.8 Å². The largest absolute Gasteiger partial charge is 0.462 e. The van der Waals surface area contributed by atoms with Gasteiger partial charge in [-0.15, -0.1) is 0 Å². The van der Waals surface area contributed by atoms with Gasteiger partial charge in [-0.05, 0) is 55.0 Å². The smallest absolute Gasteiger partial charge is 0.306 e. The first-order chi connectivity index (χ1) is 15.4. The number of carbonyl (C=O) groups is 1. The first-order valence-corrected chi connectivity index (χ1v) is 11.8. The topological polar surface area (TPSA) is 65.2 Å². The molecule has 0 spiro atoms. The lowest BCUT2D eigenvalue weighted by Gasteiger charge is -2.46. The second-order valence-electron chi connectivity index (χ2n) is 9.38. The van der Waals surface area contributed by atoms with Crippen LogP contribution in [0, 0.1) is 23.6 Å². The van der Waals surface area contributed by atoms with Crippen LogP contribution in [0.5, 0.6) is 0 Å². The lowest BCUT2D eigenvalue weighted by atomic mass is 9.62. The second kappa shape index (κ2) is 9.53. The maximum atomic E-state index is 13.5. The number of ether oxygens (including phenoxy) is 1. The van der Waals surface area contributed by atoms with Crippen molar-refractivity contribution < 1.29 is 13.9 Å². The Labute approximate surface area is 190 Å². The summed E-state index contributed by atoms with van der Waals surface area (Å²) in [4.78, 5) is 16.6. The van der Waals surface area contributed by atoms with E-state index in [1.165, 1.54) is 31.4 Å². The molecular weight excluding hydrogens is 403 g/mol. The van der Waals surface area contributed by atoms with Crippen LogP contribution in [0.25, 0.3) is 17.2 Å². The van der Waals surface area contributed by atoms with E-state index >= 15 is 0 Å². The third-order valence-electron chi connectivity index (χ3n) is 7.48. The molecule has 2 fully saturated rings. The molecule has 1 saturated carbocycles. The number of benzene rings is 1. The monoisotopic (exact) mass is 436 g/mol. The maximum Gasteiger partial charge on any atom is 0.306 e. The molecule has 2 heterocycles. The van der Waals surface area contributed by atoms with Gasteiger partial charge >= 0.3 is 5.97 Å². The fourth-order valence-electron chi connectivity index (χ4n) is 5.72. The van der Waals surface area contributed by atoms with Crippen LogP contribution < -0.4 is 5.73 Å². The number of pyridine rings is 1. The van der Waals surface area contributed by atoms with E-state index in [0.717, 1.165) is 29.7 Å². The summed E-state index contributed by atoms with van der Waals surface area (Å²) in [5, 5.41) is 0. The number of hydrogen-bond donors (Lipinski definition) is 1. The quantitative estimate of drug-likeness (QED) is 0.584. The van der Waals surface area contributed by atoms with Crippen molar-refractivity contribution in [2.45, 2.75) is 64.0 Å². The van der Waals surface area contributed by atoms with Gasteiger partial charge < -0.3 is 10.5 Å². The fourth-order valence-corrected chi connectivity index (χ4v) is 5.72. The molecule has 0 unspecified atom stereocenters. The van der Waals surface area contributed by atoms with Crippen molar-refractivity contribution in [3.63, 3.8) is 0 Å². The van der Waals surface area contributed by atoms with Gasteiger partial charge in [-0.25, -0.2) is 4.39 Å². The Kier molecular flexibility index (Phi) is 6.75. The Morgan fingerprint density at radius 3 is 2.66 bits per heavy atom. The average Bonchev–Trinajstić information content (AvgIpc) is 3.16. The molecule has 32 heavy (non-hydrogen) atoms. The molecule has 0 radical (unpaired) electrons. The summed E-state index contributed by atoms with van der Waals surface area (Å²) in [6.07, 6.45) is 11.7. The van der Waals surface area contributed by atoms with Crippen LogP contribution in [0.1, 0.15) is 58.1 Å². The first kappa shape index (κ1) is 22.7. The Morgan fingerprint density at radius 1 is 1.19 bits per heavy atom.